The first kappa shape index (κ1) is 18.0. The Morgan fingerprint density at radius 2 is 1.81 bits per heavy atom. The number of H-pyrrole nitrogens is 1. The molecule has 0 saturated heterocycles. The minimum Gasteiger partial charge on any atom is -0.502 e. The lowest BCUT2D eigenvalue weighted by Gasteiger charge is -2.09. The van der Waals surface area contributed by atoms with Gasteiger partial charge in [-0.15, -0.1) is 0 Å². The number of aromatic nitrogens is 2. The molecule has 3 rings (SSSR count). The Labute approximate surface area is 155 Å². The van der Waals surface area contributed by atoms with Gasteiger partial charge in [0.2, 0.25) is 5.75 Å². The SMILES string of the molecule is COc1cc(/C=N\NC(=O)c2cc(-c3ccccc3)n[nH]2)cc(OC)c1O. The maximum absolute atomic E-state index is 12.2. The highest BCUT2D eigenvalue weighted by molar-refractivity contribution is 5.94. The highest BCUT2D eigenvalue weighted by Gasteiger charge is 2.12. The van der Waals surface area contributed by atoms with Crippen molar-refractivity contribution < 1.29 is 19.4 Å². The number of nitrogens with zero attached hydrogens (tertiary/aromatic N) is 2. The van der Waals surface area contributed by atoms with Crippen molar-refractivity contribution in [3.8, 4) is 28.5 Å². The highest BCUT2D eigenvalue weighted by Crippen LogP contribution is 2.36. The second-order valence-electron chi connectivity index (χ2n) is 5.51. The molecule has 2 aromatic carbocycles. The van der Waals surface area contributed by atoms with Crippen molar-refractivity contribution >= 4 is 12.1 Å². The molecule has 0 atom stereocenters. The van der Waals surface area contributed by atoms with E-state index in [1.54, 1.807) is 18.2 Å². The average molecular weight is 366 g/mol. The Morgan fingerprint density at radius 1 is 1.15 bits per heavy atom. The van der Waals surface area contributed by atoms with Crippen molar-refractivity contribution in [2.75, 3.05) is 14.2 Å². The van der Waals surface area contributed by atoms with Gasteiger partial charge in [-0.3, -0.25) is 9.89 Å². The van der Waals surface area contributed by atoms with Gasteiger partial charge in [-0.25, -0.2) is 5.43 Å². The highest BCUT2D eigenvalue weighted by atomic mass is 16.5. The summed E-state index contributed by atoms with van der Waals surface area (Å²) in [5, 5.41) is 20.6. The summed E-state index contributed by atoms with van der Waals surface area (Å²) in [7, 11) is 2.86. The third kappa shape index (κ3) is 4.06. The van der Waals surface area contributed by atoms with E-state index in [2.05, 4.69) is 20.7 Å². The van der Waals surface area contributed by atoms with Gasteiger partial charge in [0.15, 0.2) is 11.5 Å². The van der Waals surface area contributed by atoms with Gasteiger partial charge < -0.3 is 14.6 Å². The summed E-state index contributed by atoms with van der Waals surface area (Å²) in [5.74, 6) is -0.0582. The van der Waals surface area contributed by atoms with Gasteiger partial charge >= 0.3 is 0 Å². The van der Waals surface area contributed by atoms with Crippen molar-refractivity contribution in [1.82, 2.24) is 15.6 Å². The molecule has 0 aliphatic carbocycles. The number of aromatic amines is 1. The second-order valence-corrected chi connectivity index (χ2v) is 5.51. The average Bonchev–Trinajstić information content (AvgIpc) is 3.20. The number of hydrogen-bond acceptors (Lipinski definition) is 6. The van der Waals surface area contributed by atoms with Gasteiger partial charge in [-0.05, 0) is 18.2 Å². The normalized spacial score (nSPS) is 10.7. The Balaban J connectivity index is 1.70. The lowest BCUT2D eigenvalue weighted by Crippen LogP contribution is -2.18. The van der Waals surface area contributed by atoms with E-state index in [4.69, 9.17) is 9.47 Å². The lowest BCUT2D eigenvalue weighted by atomic mass is 10.1. The third-order valence-electron chi connectivity index (χ3n) is 3.77. The summed E-state index contributed by atoms with van der Waals surface area (Å²) in [5.41, 5.74) is 4.85. The van der Waals surface area contributed by atoms with Crippen LogP contribution in [0.25, 0.3) is 11.3 Å². The van der Waals surface area contributed by atoms with Crippen LogP contribution in [0.4, 0.5) is 0 Å². The van der Waals surface area contributed by atoms with Crippen LogP contribution in [0.2, 0.25) is 0 Å². The zero-order valence-corrected chi connectivity index (χ0v) is 14.8. The lowest BCUT2D eigenvalue weighted by molar-refractivity contribution is 0.0950. The minimum atomic E-state index is -0.432. The minimum absolute atomic E-state index is 0.105. The number of rotatable bonds is 6. The number of methoxy groups -OCH3 is 2. The van der Waals surface area contributed by atoms with Crippen LogP contribution in [0, 0.1) is 0 Å². The van der Waals surface area contributed by atoms with Crippen LogP contribution in [-0.4, -0.2) is 41.6 Å². The maximum atomic E-state index is 12.2. The zero-order chi connectivity index (χ0) is 19.2. The molecule has 0 aliphatic rings. The van der Waals surface area contributed by atoms with E-state index in [1.165, 1.54) is 20.4 Å². The van der Waals surface area contributed by atoms with Gasteiger partial charge in [-0.1, -0.05) is 30.3 Å². The summed E-state index contributed by atoms with van der Waals surface area (Å²) >= 11 is 0. The van der Waals surface area contributed by atoms with E-state index in [0.717, 1.165) is 5.56 Å². The number of carbonyl (C=O) groups excluding carboxylic acids is 1. The molecular weight excluding hydrogens is 348 g/mol. The largest absolute Gasteiger partial charge is 0.502 e. The van der Waals surface area contributed by atoms with Crippen LogP contribution in [0.15, 0.2) is 53.6 Å². The van der Waals surface area contributed by atoms with Crippen LogP contribution >= 0.6 is 0 Å². The fraction of sp³-hybridized carbons (Fsp3) is 0.105. The summed E-state index contributed by atoms with van der Waals surface area (Å²) in [4.78, 5) is 12.2. The Kier molecular flexibility index (Phi) is 5.36. The number of ether oxygens (including phenoxy) is 2. The van der Waals surface area contributed by atoms with Crippen LogP contribution in [0.1, 0.15) is 16.1 Å². The first-order valence-electron chi connectivity index (χ1n) is 8.01. The number of nitrogens with one attached hydrogen (secondary N) is 2. The van der Waals surface area contributed by atoms with Crippen LogP contribution in [0.5, 0.6) is 17.2 Å². The van der Waals surface area contributed by atoms with E-state index in [1.807, 2.05) is 30.3 Å². The molecule has 8 heteroatoms. The van der Waals surface area contributed by atoms with E-state index in [0.29, 0.717) is 11.3 Å². The van der Waals surface area contributed by atoms with E-state index < -0.39 is 5.91 Å². The predicted octanol–water partition coefficient (Wildman–Crippen LogP) is 2.56. The summed E-state index contributed by atoms with van der Waals surface area (Å²) in [6.07, 6.45) is 1.41. The monoisotopic (exact) mass is 366 g/mol. The molecule has 8 nitrogen and oxygen atoms in total. The molecule has 0 saturated carbocycles. The number of benzene rings is 2. The molecule has 3 aromatic rings. The van der Waals surface area contributed by atoms with Crippen molar-refractivity contribution in [2.24, 2.45) is 5.10 Å². The number of hydrogen-bond donors (Lipinski definition) is 3. The predicted molar refractivity (Wildman–Crippen MR) is 100 cm³/mol. The van der Waals surface area contributed by atoms with Crippen molar-refractivity contribution in [1.29, 1.82) is 0 Å². The summed E-state index contributed by atoms with van der Waals surface area (Å²) < 4.78 is 10.2. The molecule has 3 N–H and O–H groups in total. The zero-order valence-electron chi connectivity index (χ0n) is 14.8. The topological polar surface area (TPSA) is 109 Å². The van der Waals surface area contributed by atoms with Crippen molar-refractivity contribution in [3.05, 3.63) is 59.8 Å². The maximum Gasteiger partial charge on any atom is 0.289 e. The van der Waals surface area contributed by atoms with Crippen LogP contribution < -0.4 is 14.9 Å². The Bertz CT molecular complexity index is 942. The number of aromatic hydroxyl groups is 1. The van der Waals surface area contributed by atoms with Crippen molar-refractivity contribution in [3.63, 3.8) is 0 Å². The van der Waals surface area contributed by atoms with Gasteiger partial charge in [0.1, 0.15) is 5.69 Å². The molecule has 0 unspecified atom stereocenters. The molecule has 0 aliphatic heterocycles. The molecule has 1 heterocycles. The van der Waals surface area contributed by atoms with E-state index in [9.17, 15) is 9.90 Å². The smallest absolute Gasteiger partial charge is 0.289 e. The number of phenolic OH excluding ortho intramolecular Hbond substituents is 1. The van der Waals surface area contributed by atoms with Crippen LogP contribution in [-0.2, 0) is 0 Å². The fourth-order valence-corrected chi connectivity index (χ4v) is 2.41. The molecule has 1 amide bonds. The summed E-state index contributed by atoms with van der Waals surface area (Å²) in [6, 6.07) is 14.3. The molecule has 0 fully saturated rings. The number of hydrazone groups is 1. The summed E-state index contributed by atoms with van der Waals surface area (Å²) in [6.45, 7) is 0. The molecular formula is C19H18N4O4. The van der Waals surface area contributed by atoms with E-state index >= 15 is 0 Å². The quantitative estimate of drug-likeness (QED) is 0.459. The number of phenols is 1. The van der Waals surface area contributed by atoms with Crippen LogP contribution in [0.3, 0.4) is 0 Å². The standard InChI is InChI=1S/C19H18N4O4/c1-26-16-8-12(9-17(27-2)18(16)24)11-20-23-19(25)15-10-14(21-22-15)13-6-4-3-5-7-13/h3-11,24H,1-2H3,(H,21,22)(H,23,25)/b20-11-. The van der Waals surface area contributed by atoms with Gasteiger partial charge in [-0.2, -0.15) is 10.2 Å². The fourth-order valence-electron chi connectivity index (χ4n) is 2.41. The van der Waals surface area contributed by atoms with Crippen molar-refractivity contribution in [2.45, 2.75) is 0 Å². The first-order valence-corrected chi connectivity index (χ1v) is 8.01. The first-order chi connectivity index (χ1) is 13.1. The second kappa shape index (κ2) is 8.05. The van der Waals surface area contributed by atoms with Gasteiger partial charge in [0.05, 0.1) is 26.1 Å². The Morgan fingerprint density at radius 3 is 2.44 bits per heavy atom. The Hall–Kier alpha value is -3.81. The number of amides is 1. The molecule has 27 heavy (non-hydrogen) atoms. The van der Waals surface area contributed by atoms with E-state index in [-0.39, 0.29) is 22.9 Å². The van der Waals surface area contributed by atoms with Gasteiger partial charge in [0.25, 0.3) is 5.91 Å². The molecule has 0 bridgehead atoms. The molecule has 0 spiro atoms. The molecule has 0 radical (unpaired) electrons. The third-order valence-corrected chi connectivity index (χ3v) is 3.77. The molecule has 1 aromatic heterocycles. The van der Waals surface area contributed by atoms with Gasteiger partial charge in [0, 0.05) is 11.1 Å². The number of carbonyl (C=O) groups is 1. The molecule has 138 valence electrons.